The van der Waals surface area contributed by atoms with Crippen molar-refractivity contribution in [3.63, 3.8) is 0 Å². The molecule has 0 radical (unpaired) electrons. The zero-order chi connectivity index (χ0) is 13.5. The zero-order valence-corrected chi connectivity index (χ0v) is 10.4. The van der Waals surface area contributed by atoms with E-state index in [0.29, 0.717) is 0 Å². The smallest absolute Gasteiger partial charge is 0.323 e. The van der Waals surface area contributed by atoms with Crippen LogP contribution in [-0.4, -0.2) is 48.6 Å². The van der Waals surface area contributed by atoms with E-state index in [0.717, 1.165) is 0 Å². The van der Waals surface area contributed by atoms with Crippen molar-refractivity contribution in [1.29, 1.82) is 0 Å². The van der Waals surface area contributed by atoms with Gasteiger partial charge >= 0.3 is 11.9 Å². The van der Waals surface area contributed by atoms with E-state index < -0.39 is 23.5 Å². The van der Waals surface area contributed by atoms with Gasteiger partial charge in [0.15, 0.2) is 5.41 Å². The fraction of sp³-hybridized carbons (Fsp3) is 0.818. The average molecular weight is 248 g/mol. The van der Waals surface area contributed by atoms with Crippen LogP contribution in [0.25, 0.3) is 0 Å². The molecule has 0 aromatic carbocycles. The van der Waals surface area contributed by atoms with Gasteiger partial charge in [0.05, 0.1) is 19.3 Å². The molecular formula is C11H20O6. The van der Waals surface area contributed by atoms with Crippen molar-refractivity contribution < 1.29 is 29.3 Å². The van der Waals surface area contributed by atoms with Crippen molar-refractivity contribution in [3.8, 4) is 0 Å². The number of aliphatic carboxylic acids is 1. The number of hydrogen-bond acceptors (Lipinski definition) is 5. The Balaban J connectivity index is 4.95. The van der Waals surface area contributed by atoms with E-state index in [1.165, 1.54) is 7.11 Å². The number of ether oxygens (including phenoxy) is 2. The highest BCUT2D eigenvalue weighted by atomic mass is 16.5. The zero-order valence-electron chi connectivity index (χ0n) is 10.4. The number of aliphatic hydroxyl groups excluding tert-OH is 1. The second-order valence-electron chi connectivity index (χ2n) is 3.77. The van der Waals surface area contributed by atoms with Crippen LogP contribution in [-0.2, 0) is 19.1 Å². The third-order valence-corrected chi connectivity index (χ3v) is 2.62. The molecular weight excluding hydrogens is 228 g/mol. The average Bonchev–Trinajstić information content (AvgIpc) is 2.26. The van der Waals surface area contributed by atoms with Crippen LogP contribution in [0.5, 0.6) is 0 Å². The molecule has 0 bridgehead atoms. The fourth-order valence-electron chi connectivity index (χ4n) is 1.62. The van der Waals surface area contributed by atoms with E-state index in [2.05, 4.69) is 0 Å². The van der Waals surface area contributed by atoms with E-state index in [4.69, 9.17) is 9.47 Å². The molecule has 0 spiro atoms. The first kappa shape index (κ1) is 15.9. The molecule has 100 valence electrons. The summed E-state index contributed by atoms with van der Waals surface area (Å²) in [6.07, 6.45) is -1.17. The van der Waals surface area contributed by atoms with Crippen molar-refractivity contribution >= 4 is 11.9 Å². The molecule has 2 atom stereocenters. The molecule has 17 heavy (non-hydrogen) atoms. The SMILES string of the molecule is CCOC(=O)C(CC)(CC(O)COC)C(=O)O. The second kappa shape index (κ2) is 7.24. The summed E-state index contributed by atoms with van der Waals surface area (Å²) in [7, 11) is 1.39. The summed E-state index contributed by atoms with van der Waals surface area (Å²) >= 11 is 0. The van der Waals surface area contributed by atoms with Crippen LogP contribution in [0.1, 0.15) is 26.7 Å². The number of methoxy groups -OCH3 is 1. The number of aliphatic hydroxyl groups is 1. The number of carboxylic acid groups (broad SMARTS) is 1. The quantitative estimate of drug-likeness (QED) is 0.478. The van der Waals surface area contributed by atoms with Gasteiger partial charge < -0.3 is 19.7 Å². The first-order valence-electron chi connectivity index (χ1n) is 5.52. The summed E-state index contributed by atoms with van der Waals surface area (Å²) in [6, 6.07) is 0. The molecule has 6 nitrogen and oxygen atoms in total. The maximum atomic E-state index is 11.7. The number of carboxylic acids is 1. The summed E-state index contributed by atoms with van der Waals surface area (Å²) in [6.45, 7) is 3.26. The number of carbonyl (C=O) groups is 2. The molecule has 0 amide bonds. The van der Waals surface area contributed by atoms with Gasteiger partial charge in [-0.25, -0.2) is 0 Å². The van der Waals surface area contributed by atoms with Crippen molar-refractivity contribution in [1.82, 2.24) is 0 Å². The van der Waals surface area contributed by atoms with Gasteiger partial charge in [0.25, 0.3) is 0 Å². The largest absolute Gasteiger partial charge is 0.480 e. The Labute approximate surface area is 101 Å². The van der Waals surface area contributed by atoms with Crippen LogP contribution < -0.4 is 0 Å². The van der Waals surface area contributed by atoms with Gasteiger partial charge in [-0.15, -0.1) is 0 Å². The standard InChI is InChI=1S/C11H20O6/c1-4-11(9(13)14,10(15)17-5-2)6-8(12)7-16-3/h8,12H,4-7H2,1-3H3,(H,13,14). The number of rotatable bonds is 8. The second-order valence-corrected chi connectivity index (χ2v) is 3.77. The van der Waals surface area contributed by atoms with Gasteiger partial charge in [-0.1, -0.05) is 6.92 Å². The molecule has 0 aromatic rings. The molecule has 0 rings (SSSR count). The van der Waals surface area contributed by atoms with Crippen LogP contribution in [0.2, 0.25) is 0 Å². The van der Waals surface area contributed by atoms with Crippen LogP contribution >= 0.6 is 0 Å². The Kier molecular flexibility index (Phi) is 6.75. The van der Waals surface area contributed by atoms with Gasteiger partial charge in [0.2, 0.25) is 0 Å². The molecule has 0 aromatic heterocycles. The van der Waals surface area contributed by atoms with Crippen molar-refractivity contribution in [2.75, 3.05) is 20.3 Å². The van der Waals surface area contributed by atoms with Gasteiger partial charge in [-0.3, -0.25) is 9.59 Å². The van der Waals surface area contributed by atoms with Gasteiger partial charge in [-0.2, -0.15) is 0 Å². The minimum absolute atomic E-state index is 0.0194. The summed E-state index contributed by atoms with van der Waals surface area (Å²) in [5, 5.41) is 18.8. The van der Waals surface area contributed by atoms with E-state index in [1.807, 2.05) is 0 Å². The first-order chi connectivity index (χ1) is 7.94. The van der Waals surface area contributed by atoms with Crippen LogP contribution in [0.4, 0.5) is 0 Å². The highest BCUT2D eigenvalue weighted by Crippen LogP contribution is 2.30. The fourth-order valence-corrected chi connectivity index (χ4v) is 1.62. The Bertz CT molecular complexity index is 265. The van der Waals surface area contributed by atoms with E-state index in [9.17, 15) is 19.8 Å². The minimum Gasteiger partial charge on any atom is -0.480 e. The maximum Gasteiger partial charge on any atom is 0.323 e. The first-order valence-corrected chi connectivity index (χ1v) is 5.52. The summed E-state index contributed by atoms with van der Waals surface area (Å²) < 4.78 is 9.49. The predicted octanol–water partition coefficient (Wildman–Crippen LogP) is 0.428. The van der Waals surface area contributed by atoms with E-state index in [-0.39, 0.29) is 26.1 Å². The Morgan fingerprint density at radius 2 is 1.94 bits per heavy atom. The normalized spacial score (nSPS) is 16.0. The van der Waals surface area contributed by atoms with E-state index >= 15 is 0 Å². The van der Waals surface area contributed by atoms with Crippen LogP contribution in [0.15, 0.2) is 0 Å². The summed E-state index contributed by atoms with van der Waals surface area (Å²) in [5.41, 5.74) is -1.70. The molecule has 6 heteroatoms. The van der Waals surface area contributed by atoms with E-state index in [1.54, 1.807) is 13.8 Å². The molecule has 0 aliphatic heterocycles. The Morgan fingerprint density at radius 3 is 2.29 bits per heavy atom. The molecule has 0 aliphatic rings. The lowest BCUT2D eigenvalue weighted by Crippen LogP contribution is -2.43. The number of carbonyl (C=O) groups excluding carboxylic acids is 1. The lowest BCUT2D eigenvalue weighted by atomic mass is 9.80. The summed E-state index contributed by atoms with van der Waals surface area (Å²) in [5.74, 6) is -2.10. The lowest BCUT2D eigenvalue weighted by Gasteiger charge is -2.27. The summed E-state index contributed by atoms with van der Waals surface area (Å²) in [4.78, 5) is 23.0. The molecule has 0 fully saturated rings. The van der Waals surface area contributed by atoms with Gasteiger partial charge in [0, 0.05) is 13.5 Å². The molecule has 0 heterocycles. The van der Waals surface area contributed by atoms with Crippen molar-refractivity contribution in [2.45, 2.75) is 32.8 Å². The Morgan fingerprint density at radius 1 is 1.35 bits per heavy atom. The number of esters is 1. The minimum atomic E-state index is -1.70. The van der Waals surface area contributed by atoms with Crippen LogP contribution in [0.3, 0.4) is 0 Å². The predicted molar refractivity (Wildman–Crippen MR) is 59.5 cm³/mol. The Hall–Kier alpha value is -1.14. The molecule has 0 aliphatic carbocycles. The monoisotopic (exact) mass is 248 g/mol. The topological polar surface area (TPSA) is 93.1 Å². The third-order valence-electron chi connectivity index (χ3n) is 2.62. The molecule has 0 saturated heterocycles. The van der Waals surface area contributed by atoms with Crippen molar-refractivity contribution in [3.05, 3.63) is 0 Å². The molecule has 2 N–H and O–H groups in total. The molecule has 0 saturated carbocycles. The number of hydrogen-bond donors (Lipinski definition) is 2. The van der Waals surface area contributed by atoms with Gasteiger partial charge in [0.1, 0.15) is 0 Å². The van der Waals surface area contributed by atoms with Crippen LogP contribution in [0, 0.1) is 5.41 Å². The third kappa shape index (κ3) is 3.98. The molecule has 2 unspecified atom stereocenters. The highest BCUT2D eigenvalue weighted by Gasteiger charge is 2.47. The lowest BCUT2D eigenvalue weighted by molar-refractivity contribution is -0.172. The van der Waals surface area contributed by atoms with Gasteiger partial charge in [-0.05, 0) is 13.3 Å². The maximum absolute atomic E-state index is 11.7. The highest BCUT2D eigenvalue weighted by molar-refractivity contribution is 5.99. The van der Waals surface area contributed by atoms with Crippen molar-refractivity contribution in [2.24, 2.45) is 5.41 Å².